The number of benzene rings is 1. The fourth-order valence-corrected chi connectivity index (χ4v) is 3.30. The van der Waals surface area contributed by atoms with Gasteiger partial charge in [0.15, 0.2) is 0 Å². The van der Waals surface area contributed by atoms with E-state index in [2.05, 4.69) is 5.10 Å². The number of aromatic nitrogens is 2. The minimum absolute atomic E-state index is 0.210. The van der Waals surface area contributed by atoms with Gasteiger partial charge in [0.1, 0.15) is 4.90 Å². The van der Waals surface area contributed by atoms with Crippen molar-refractivity contribution in [1.29, 1.82) is 0 Å². The summed E-state index contributed by atoms with van der Waals surface area (Å²) in [5.41, 5.74) is 2.12. The Kier molecular flexibility index (Phi) is 3.96. The van der Waals surface area contributed by atoms with E-state index < -0.39 is 10.0 Å². The Morgan fingerprint density at radius 3 is 2.35 bits per heavy atom. The SMILES string of the molecule is Cc1ccc(C(C)N(C)S(=O)(=O)c2cnn(C)c2)cc1. The van der Waals surface area contributed by atoms with Crippen LogP contribution in [0, 0.1) is 6.92 Å². The molecule has 0 amide bonds. The lowest BCUT2D eigenvalue weighted by atomic mass is 10.1. The number of rotatable bonds is 4. The van der Waals surface area contributed by atoms with E-state index in [0.717, 1.165) is 11.1 Å². The predicted octanol–water partition coefficient (Wildman–Crippen LogP) is 2.11. The highest BCUT2D eigenvalue weighted by Gasteiger charge is 2.27. The molecular formula is C14H19N3O2S. The van der Waals surface area contributed by atoms with Crippen LogP contribution in [0.5, 0.6) is 0 Å². The molecule has 0 radical (unpaired) electrons. The highest BCUT2D eigenvalue weighted by Crippen LogP contribution is 2.25. The molecule has 0 saturated heterocycles. The van der Waals surface area contributed by atoms with Crippen molar-refractivity contribution in [2.45, 2.75) is 24.8 Å². The normalized spacial score (nSPS) is 13.7. The fourth-order valence-electron chi connectivity index (χ4n) is 1.96. The van der Waals surface area contributed by atoms with Crippen molar-refractivity contribution >= 4 is 10.0 Å². The van der Waals surface area contributed by atoms with Crippen LogP contribution in [0.4, 0.5) is 0 Å². The minimum Gasteiger partial charge on any atom is -0.274 e. The molecule has 0 N–H and O–H groups in total. The molecule has 2 rings (SSSR count). The molecule has 1 aromatic heterocycles. The number of nitrogens with zero attached hydrogens (tertiary/aromatic N) is 3. The number of aryl methyl sites for hydroxylation is 2. The molecule has 1 heterocycles. The van der Waals surface area contributed by atoms with Gasteiger partial charge < -0.3 is 0 Å². The molecule has 1 atom stereocenters. The van der Waals surface area contributed by atoms with Crippen LogP contribution in [-0.4, -0.2) is 29.6 Å². The Balaban J connectivity index is 2.30. The predicted molar refractivity (Wildman–Crippen MR) is 77.8 cm³/mol. The molecule has 0 fully saturated rings. The molecule has 20 heavy (non-hydrogen) atoms. The van der Waals surface area contributed by atoms with E-state index in [9.17, 15) is 8.42 Å². The number of hydrogen-bond acceptors (Lipinski definition) is 3. The Hall–Kier alpha value is -1.66. The van der Waals surface area contributed by atoms with Crippen molar-refractivity contribution in [1.82, 2.24) is 14.1 Å². The van der Waals surface area contributed by atoms with Gasteiger partial charge in [-0.15, -0.1) is 0 Å². The van der Waals surface area contributed by atoms with Gasteiger partial charge in [0.05, 0.1) is 6.20 Å². The van der Waals surface area contributed by atoms with Gasteiger partial charge in [-0.25, -0.2) is 8.42 Å². The second-order valence-corrected chi connectivity index (χ2v) is 6.96. The van der Waals surface area contributed by atoms with Crippen LogP contribution in [0.25, 0.3) is 0 Å². The van der Waals surface area contributed by atoms with E-state index in [-0.39, 0.29) is 10.9 Å². The van der Waals surface area contributed by atoms with Gasteiger partial charge in [0.2, 0.25) is 10.0 Å². The summed E-state index contributed by atoms with van der Waals surface area (Å²) in [5, 5.41) is 3.92. The average molecular weight is 293 g/mol. The summed E-state index contributed by atoms with van der Waals surface area (Å²) in [6, 6.07) is 7.64. The van der Waals surface area contributed by atoms with E-state index in [1.54, 1.807) is 14.1 Å². The van der Waals surface area contributed by atoms with Crippen molar-refractivity contribution in [2.24, 2.45) is 7.05 Å². The topological polar surface area (TPSA) is 55.2 Å². The minimum atomic E-state index is -3.53. The second-order valence-electron chi connectivity index (χ2n) is 4.96. The third kappa shape index (κ3) is 2.76. The lowest BCUT2D eigenvalue weighted by molar-refractivity contribution is 0.398. The van der Waals surface area contributed by atoms with E-state index in [0.29, 0.717) is 0 Å². The first-order valence-electron chi connectivity index (χ1n) is 6.35. The smallest absolute Gasteiger partial charge is 0.246 e. The van der Waals surface area contributed by atoms with E-state index in [4.69, 9.17) is 0 Å². The first-order chi connectivity index (χ1) is 9.32. The first-order valence-corrected chi connectivity index (χ1v) is 7.79. The maximum Gasteiger partial charge on any atom is 0.246 e. The summed E-state index contributed by atoms with van der Waals surface area (Å²) >= 11 is 0. The Labute approximate surface area is 119 Å². The van der Waals surface area contributed by atoms with Crippen LogP contribution in [0.2, 0.25) is 0 Å². The molecule has 0 aliphatic rings. The summed E-state index contributed by atoms with van der Waals surface area (Å²) in [7, 11) is -0.239. The van der Waals surface area contributed by atoms with Crippen LogP contribution in [-0.2, 0) is 17.1 Å². The molecule has 0 spiro atoms. The third-order valence-corrected chi connectivity index (χ3v) is 5.34. The van der Waals surface area contributed by atoms with Crippen molar-refractivity contribution in [2.75, 3.05) is 7.05 Å². The zero-order chi connectivity index (χ0) is 14.9. The zero-order valence-corrected chi connectivity index (χ0v) is 12.9. The van der Waals surface area contributed by atoms with Gasteiger partial charge >= 0.3 is 0 Å². The quantitative estimate of drug-likeness (QED) is 0.867. The Morgan fingerprint density at radius 1 is 1.25 bits per heavy atom. The highest BCUT2D eigenvalue weighted by molar-refractivity contribution is 7.89. The van der Waals surface area contributed by atoms with Crippen molar-refractivity contribution in [3.05, 3.63) is 47.8 Å². The summed E-state index contributed by atoms with van der Waals surface area (Å²) < 4.78 is 27.9. The lowest BCUT2D eigenvalue weighted by Crippen LogP contribution is -2.29. The van der Waals surface area contributed by atoms with E-state index in [1.807, 2.05) is 38.1 Å². The van der Waals surface area contributed by atoms with Gasteiger partial charge in [0, 0.05) is 26.3 Å². The van der Waals surface area contributed by atoms with Gasteiger partial charge in [-0.3, -0.25) is 4.68 Å². The van der Waals surface area contributed by atoms with Crippen LogP contribution in [0.3, 0.4) is 0 Å². The highest BCUT2D eigenvalue weighted by atomic mass is 32.2. The molecular weight excluding hydrogens is 274 g/mol. The standard InChI is InChI=1S/C14H19N3O2S/c1-11-5-7-13(8-6-11)12(2)17(4)20(18,19)14-9-15-16(3)10-14/h5-10,12H,1-4H3. The van der Waals surface area contributed by atoms with Gasteiger partial charge in [-0.1, -0.05) is 29.8 Å². The van der Waals surface area contributed by atoms with E-state index >= 15 is 0 Å². The average Bonchev–Trinajstić information content (AvgIpc) is 2.85. The van der Waals surface area contributed by atoms with Crippen LogP contribution in [0.15, 0.2) is 41.6 Å². The van der Waals surface area contributed by atoms with E-state index in [1.165, 1.54) is 21.4 Å². The second kappa shape index (κ2) is 5.38. The third-order valence-electron chi connectivity index (χ3n) is 3.46. The first kappa shape index (κ1) is 14.7. The molecule has 0 aliphatic heterocycles. The van der Waals surface area contributed by atoms with Crippen molar-refractivity contribution in [3.63, 3.8) is 0 Å². The van der Waals surface area contributed by atoms with Gasteiger partial charge in [-0.05, 0) is 19.4 Å². The van der Waals surface area contributed by atoms with Crippen LogP contribution >= 0.6 is 0 Å². The maximum absolute atomic E-state index is 12.5. The summed E-state index contributed by atoms with van der Waals surface area (Å²) in [6.07, 6.45) is 2.88. The molecule has 5 nitrogen and oxygen atoms in total. The molecule has 2 aromatic rings. The molecule has 1 aromatic carbocycles. The lowest BCUT2D eigenvalue weighted by Gasteiger charge is -2.24. The molecule has 108 valence electrons. The van der Waals surface area contributed by atoms with Crippen LogP contribution < -0.4 is 0 Å². The molecule has 0 saturated carbocycles. The Bertz CT molecular complexity index is 689. The molecule has 0 bridgehead atoms. The maximum atomic E-state index is 12.5. The summed E-state index contributed by atoms with van der Waals surface area (Å²) in [6.45, 7) is 3.88. The number of hydrogen-bond donors (Lipinski definition) is 0. The Morgan fingerprint density at radius 2 is 1.85 bits per heavy atom. The fraction of sp³-hybridized carbons (Fsp3) is 0.357. The van der Waals surface area contributed by atoms with Crippen molar-refractivity contribution in [3.8, 4) is 0 Å². The monoisotopic (exact) mass is 293 g/mol. The van der Waals surface area contributed by atoms with Gasteiger partial charge in [-0.2, -0.15) is 9.40 Å². The molecule has 0 aliphatic carbocycles. The summed E-state index contributed by atoms with van der Waals surface area (Å²) in [5.74, 6) is 0. The van der Waals surface area contributed by atoms with Crippen LogP contribution in [0.1, 0.15) is 24.1 Å². The van der Waals surface area contributed by atoms with Gasteiger partial charge in [0.25, 0.3) is 0 Å². The summed E-state index contributed by atoms with van der Waals surface area (Å²) in [4.78, 5) is 0.210. The largest absolute Gasteiger partial charge is 0.274 e. The molecule has 1 unspecified atom stereocenters. The molecule has 6 heteroatoms. The number of sulfonamides is 1. The zero-order valence-electron chi connectivity index (χ0n) is 12.1. The van der Waals surface area contributed by atoms with Crippen molar-refractivity contribution < 1.29 is 8.42 Å².